The van der Waals surface area contributed by atoms with E-state index in [1.807, 2.05) is 0 Å². The van der Waals surface area contributed by atoms with Crippen LogP contribution in [0.5, 0.6) is 0 Å². The van der Waals surface area contributed by atoms with E-state index in [0.29, 0.717) is 0 Å². The highest BCUT2D eigenvalue weighted by atomic mass is 16.3. The molecule has 3 heteroatoms. The Kier molecular flexibility index (Phi) is 23.4. The summed E-state index contributed by atoms with van der Waals surface area (Å²) >= 11 is 0. The highest BCUT2D eigenvalue weighted by molar-refractivity contribution is 4.59. The van der Waals surface area contributed by atoms with Crippen LogP contribution in [0.2, 0.25) is 0 Å². The van der Waals surface area contributed by atoms with Gasteiger partial charge in [-0.05, 0) is 20.3 Å². The molecule has 0 aliphatic rings. The van der Waals surface area contributed by atoms with E-state index in [1.54, 1.807) is 18.7 Å². The van der Waals surface area contributed by atoms with Crippen LogP contribution in [0, 0.1) is 0 Å². The van der Waals surface area contributed by atoms with Crippen LogP contribution >= 0.6 is 0 Å². The molecule has 0 spiro atoms. The van der Waals surface area contributed by atoms with Crippen molar-refractivity contribution < 1.29 is 10.2 Å². The molecule has 3 nitrogen and oxygen atoms in total. The van der Waals surface area contributed by atoms with Gasteiger partial charge in [0.25, 0.3) is 0 Å². The van der Waals surface area contributed by atoms with Crippen molar-refractivity contribution in [3.8, 4) is 0 Å². The molecule has 0 saturated heterocycles. The lowest BCUT2D eigenvalue weighted by atomic mass is 10.0. The minimum atomic E-state index is -0.560. The molecule has 0 rings (SSSR count). The van der Waals surface area contributed by atoms with Crippen molar-refractivity contribution in [3.05, 3.63) is 0 Å². The molecule has 0 fully saturated rings. The molecule has 0 aromatic carbocycles. The van der Waals surface area contributed by atoms with Crippen molar-refractivity contribution in [1.82, 2.24) is 4.90 Å². The topological polar surface area (TPSA) is 43.7 Å². The second-order valence-corrected chi connectivity index (χ2v) is 9.57. The fraction of sp³-hybridized carbons (Fsp3) is 1.00. The molecule has 0 bridgehead atoms. The second-order valence-electron chi connectivity index (χ2n) is 9.57. The van der Waals surface area contributed by atoms with Gasteiger partial charge in [0, 0.05) is 6.54 Å². The van der Waals surface area contributed by atoms with E-state index >= 15 is 0 Å². The van der Waals surface area contributed by atoms with Crippen LogP contribution in [0.3, 0.4) is 0 Å². The zero-order valence-corrected chi connectivity index (χ0v) is 21.1. The van der Waals surface area contributed by atoms with E-state index in [-0.39, 0.29) is 0 Å². The molecule has 2 atom stereocenters. The predicted octanol–water partition coefficient (Wildman–Crippen LogP) is 8.18. The molecule has 182 valence electrons. The van der Waals surface area contributed by atoms with Crippen LogP contribution in [0.25, 0.3) is 0 Å². The minimum absolute atomic E-state index is 0.560. The van der Waals surface area contributed by atoms with E-state index in [9.17, 15) is 10.2 Å². The number of hydrogen-bond acceptors (Lipinski definition) is 3. The first kappa shape index (κ1) is 29.9. The van der Waals surface area contributed by atoms with Gasteiger partial charge in [-0.3, -0.25) is 4.90 Å². The number of hydrogen-bond donors (Lipinski definition) is 2. The van der Waals surface area contributed by atoms with Crippen LogP contribution in [-0.2, 0) is 0 Å². The van der Waals surface area contributed by atoms with E-state index < -0.39 is 12.5 Å². The largest absolute Gasteiger partial charge is 0.379 e. The molecule has 0 radical (unpaired) electrons. The minimum Gasteiger partial charge on any atom is -0.379 e. The lowest BCUT2D eigenvalue weighted by Crippen LogP contribution is -2.40. The summed E-state index contributed by atoms with van der Waals surface area (Å²) < 4.78 is 0. The third-order valence-corrected chi connectivity index (χ3v) is 6.48. The molecular weight excluding hydrogens is 370 g/mol. The Balaban J connectivity index is 3.15. The summed E-state index contributed by atoms with van der Waals surface area (Å²) in [5, 5.41) is 19.2. The average molecular weight is 428 g/mol. The van der Waals surface area contributed by atoms with Crippen molar-refractivity contribution >= 4 is 0 Å². The van der Waals surface area contributed by atoms with Crippen LogP contribution in [0.1, 0.15) is 156 Å². The Morgan fingerprint density at radius 2 is 0.667 bits per heavy atom. The van der Waals surface area contributed by atoms with Gasteiger partial charge in [-0.2, -0.15) is 0 Å². The van der Waals surface area contributed by atoms with Gasteiger partial charge in [0.15, 0.2) is 0 Å². The zero-order chi connectivity index (χ0) is 22.3. The van der Waals surface area contributed by atoms with E-state index in [4.69, 9.17) is 0 Å². The highest BCUT2D eigenvalue weighted by Crippen LogP contribution is 2.15. The molecule has 0 heterocycles. The maximum absolute atomic E-state index is 9.61. The van der Waals surface area contributed by atoms with E-state index in [2.05, 4.69) is 6.92 Å². The molecule has 0 aromatic rings. The van der Waals surface area contributed by atoms with Crippen molar-refractivity contribution in [1.29, 1.82) is 0 Å². The number of aliphatic hydroxyl groups excluding tert-OH is 2. The van der Waals surface area contributed by atoms with Gasteiger partial charge >= 0.3 is 0 Å². The second kappa shape index (κ2) is 23.5. The molecule has 2 unspecified atom stereocenters. The maximum Gasteiger partial charge on any atom is 0.106 e. The Labute approximate surface area is 190 Å². The number of nitrogens with zero attached hydrogens (tertiary/aromatic N) is 1. The first-order valence-corrected chi connectivity index (χ1v) is 13.7. The summed E-state index contributed by atoms with van der Waals surface area (Å²) in [6.07, 6.45) is 28.2. The highest BCUT2D eigenvalue weighted by Gasteiger charge is 2.14. The molecule has 0 aliphatic heterocycles. The first-order chi connectivity index (χ1) is 14.6. The number of unbranched alkanes of at least 4 members (excludes halogenated alkanes) is 20. The van der Waals surface area contributed by atoms with Crippen molar-refractivity contribution in [3.63, 3.8) is 0 Å². The van der Waals surface area contributed by atoms with Gasteiger partial charge in [0.2, 0.25) is 0 Å². The molecule has 0 amide bonds. The summed E-state index contributed by atoms with van der Waals surface area (Å²) in [4.78, 5) is 1.75. The molecule has 2 N–H and O–H groups in total. The van der Waals surface area contributed by atoms with Crippen molar-refractivity contribution in [2.24, 2.45) is 0 Å². The van der Waals surface area contributed by atoms with Crippen molar-refractivity contribution in [2.45, 2.75) is 168 Å². The lowest BCUT2D eigenvalue weighted by Gasteiger charge is -2.27. The molecule has 0 aromatic heterocycles. The molecular formula is C27H57NO2. The SMILES string of the molecule is CCCCCCCCCCCCCCCCCCCCCCCN(C(C)O)C(C)O. The van der Waals surface area contributed by atoms with E-state index in [0.717, 1.165) is 13.0 Å². The van der Waals surface area contributed by atoms with Gasteiger partial charge in [-0.15, -0.1) is 0 Å². The molecule has 0 aliphatic carbocycles. The Morgan fingerprint density at radius 1 is 0.433 bits per heavy atom. The lowest BCUT2D eigenvalue weighted by molar-refractivity contribution is -0.0844. The summed E-state index contributed by atoms with van der Waals surface area (Å²) in [6, 6.07) is 0. The first-order valence-electron chi connectivity index (χ1n) is 13.7. The standard InChI is InChI=1S/C27H57NO2/c1-4-5-6-7-8-9-10-11-12-13-14-15-16-17-18-19-20-21-22-23-24-25-28(26(2)29)27(3)30/h26-27,29-30H,4-25H2,1-3H3. The zero-order valence-electron chi connectivity index (χ0n) is 21.1. The van der Waals surface area contributed by atoms with Gasteiger partial charge in [0.05, 0.1) is 0 Å². The van der Waals surface area contributed by atoms with Gasteiger partial charge in [-0.25, -0.2) is 0 Å². The Hall–Kier alpha value is -0.120. The number of aliphatic hydroxyl groups is 2. The fourth-order valence-corrected chi connectivity index (χ4v) is 4.41. The maximum atomic E-state index is 9.61. The predicted molar refractivity (Wildman–Crippen MR) is 133 cm³/mol. The molecule has 30 heavy (non-hydrogen) atoms. The van der Waals surface area contributed by atoms with Gasteiger partial charge in [-0.1, -0.05) is 135 Å². The smallest absolute Gasteiger partial charge is 0.106 e. The van der Waals surface area contributed by atoms with Gasteiger partial charge in [0.1, 0.15) is 12.5 Å². The third kappa shape index (κ3) is 21.1. The van der Waals surface area contributed by atoms with Gasteiger partial charge < -0.3 is 10.2 Å². The summed E-state index contributed by atoms with van der Waals surface area (Å²) in [5.41, 5.74) is 0. The Bertz CT molecular complexity index is 312. The summed E-state index contributed by atoms with van der Waals surface area (Å²) in [7, 11) is 0. The van der Waals surface area contributed by atoms with Crippen LogP contribution in [-0.4, -0.2) is 34.1 Å². The third-order valence-electron chi connectivity index (χ3n) is 6.48. The normalized spacial score (nSPS) is 13.8. The fourth-order valence-electron chi connectivity index (χ4n) is 4.41. The number of rotatable bonds is 24. The van der Waals surface area contributed by atoms with E-state index in [1.165, 1.54) is 128 Å². The van der Waals surface area contributed by atoms with Crippen molar-refractivity contribution in [2.75, 3.05) is 6.54 Å². The molecule has 0 saturated carbocycles. The summed E-state index contributed by atoms with van der Waals surface area (Å²) in [5.74, 6) is 0. The van der Waals surface area contributed by atoms with Crippen LogP contribution in [0.15, 0.2) is 0 Å². The van der Waals surface area contributed by atoms with Crippen LogP contribution in [0.4, 0.5) is 0 Å². The summed E-state index contributed by atoms with van der Waals surface area (Å²) in [6.45, 7) is 6.53. The average Bonchev–Trinajstić information content (AvgIpc) is 2.71. The van der Waals surface area contributed by atoms with Crippen LogP contribution < -0.4 is 0 Å². The monoisotopic (exact) mass is 427 g/mol. The quantitative estimate of drug-likeness (QED) is 0.120. The Morgan fingerprint density at radius 3 is 0.900 bits per heavy atom.